The van der Waals surface area contributed by atoms with Crippen LogP contribution in [0, 0.1) is 11.7 Å². The first-order valence-electron chi connectivity index (χ1n) is 13.2. The van der Waals surface area contributed by atoms with Crippen LogP contribution in [-0.4, -0.2) is 44.9 Å². The van der Waals surface area contributed by atoms with Crippen molar-refractivity contribution in [2.24, 2.45) is 5.92 Å². The molecule has 2 saturated carbocycles. The first kappa shape index (κ1) is 21.9. The molecule has 1 aliphatic heterocycles. The minimum absolute atomic E-state index is 0.000109. The molecule has 0 bridgehead atoms. The van der Waals surface area contributed by atoms with Crippen molar-refractivity contribution in [1.29, 1.82) is 0 Å². The third kappa shape index (κ3) is 4.15. The molecule has 7 rings (SSSR count). The van der Waals surface area contributed by atoms with E-state index in [9.17, 15) is 9.18 Å². The largest absolute Gasteiger partial charge is 0.349 e. The molecule has 36 heavy (non-hydrogen) atoms. The summed E-state index contributed by atoms with van der Waals surface area (Å²) in [6.07, 6.45) is 8.53. The number of halogens is 1. The van der Waals surface area contributed by atoms with Gasteiger partial charge in [0.15, 0.2) is 0 Å². The highest BCUT2D eigenvalue weighted by atomic mass is 19.1. The second kappa shape index (κ2) is 8.66. The average molecular weight is 484 g/mol. The summed E-state index contributed by atoms with van der Waals surface area (Å²) in [7, 11) is 0. The van der Waals surface area contributed by atoms with Crippen LogP contribution in [0.4, 0.5) is 4.39 Å². The highest BCUT2D eigenvalue weighted by molar-refractivity contribution is 5.97. The van der Waals surface area contributed by atoms with Crippen molar-refractivity contribution in [3.63, 3.8) is 0 Å². The van der Waals surface area contributed by atoms with Gasteiger partial charge in [0, 0.05) is 23.2 Å². The quantitative estimate of drug-likeness (QED) is 0.381. The summed E-state index contributed by atoms with van der Waals surface area (Å²) in [4.78, 5) is 28.1. The number of aromatic nitrogens is 3. The number of hydrogen-bond donors (Lipinski definition) is 2. The summed E-state index contributed by atoms with van der Waals surface area (Å²) in [5, 5.41) is 4.01. The number of benzene rings is 2. The topological polar surface area (TPSA) is 73.9 Å². The van der Waals surface area contributed by atoms with Crippen molar-refractivity contribution < 1.29 is 9.18 Å². The Morgan fingerprint density at radius 1 is 1.00 bits per heavy atom. The van der Waals surface area contributed by atoms with Crippen LogP contribution in [0.5, 0.6) is 0 Å². The van der Waals surface area contributed by atoms with Gasteiger partial charge in [-0.05, 0) is 111 Å². The molecule has 7 heteroatoms. The molecule has 3 fully saturated rings. The second-order valence-electron chi connectivity index (χ2n) is 10.8. The predicted molar refractivity (Wildman–Crippen MR) is 137 cm³/mol. The first-order valence-corrected chi connectivity index (χ1v) is 13.2. The van der Waals surface area contributed by atoms with E-state index >= 15 is 0 Å². The fraction of sp³-hybridized carbons (Fsp3) is 0.414. The Morgan fingerprint density at radius 3 is 2.58 bits per heavy atom. The maximum absolute atomic E-state index is 14.0. The Kier molecular flexibility index (Phi) is 5.27. The van der Waals surface area contributed by atoms with Crippen LogP contribution < -0.4 is 5.32 Å². The Morgan fingerprint density at radius 2 is 1.81 bits per heavy atom. The minimum Gasteiger partial charge on any atom is -0.349 e. The van der Waals surface area contributed by atoms with E-state index in [2.05, 4.69) is 26.3 Å². The van der Waals surface area contributed by atoms with Gasteiger partial charge in [-0.2, -0.15) is 0 Å². The van der Waals surface area contributed by atoms with Crippen LogP contribution in [-0.2, 0) is 0 Å². The van der Waals surface area contributed by atoms with Crippen molar-refractivity contribution in [2.45, 2.75) is 56.5 Å². The highest BCUT2D eigenvalue weighted by Crippen LogP contribution is 2.46. The minimum atomic E-state index is -0.207. The second-order valence-corrected chi connectivity index (χ2v) is 10.8. The number of nitrogens with one attached hydrogen (secondary N) is 2. The lowest BCUT2D eigenvalue weighted by molar-refractivity contribution is 0.0951. The molecule has 1 unspecified atom stereocenters. The lowest BCUT2D eigenvalue weighted by atomic mass is 9.86. The lowest BCUT2D eigenvalue weighted by Gasteiger charge is -2.37. The number of aromatic amines is 1. The summed E-state index contributed by atoms with van der Waals surface area (Å²) in [6.45, 7) is 1.97. The number of likely N-dealkylation sites (tertiary alicyclic amines) is 1. The molecule has 0 radical (unpaired) electrons. The number of H-pyrrole nitrogens is 1. The molecular formula is C29H30FN5O. The van der Waals surface area contributed by atoms with Gasteiger partial charge in [0.2, 0.25) is 0 Å². The molecule has 184 valence electrons. The third-order valence-corrected chi connectivity index (χ3v) is 8.12. The smallest absolute Gasteiger partial charge is 0.251 e. The van der Waals surface area contributed by atoms with Gasteiger partial charge < -0.3 is 10.3 Å². The molecule has 2 aromatic heterocycles. The van der Waals surface area contributed by atoms with Crippen LogP contribution in [0.2, 0.25) is 0 Å². The average Bonchev–Trinajstić information content (AvgIpc) is 3.83. The fourth-order valence-corrected chi connectivity index (χ4v) is 5.90. The molecule has 1 amide bonds. The molecule has 3 aliphatic rings. The summed E-state index contributed by atoms with van der Waals surface area (Å²) >= 11 is 0. The van der Waals surface area contributed by atoms with Gasteiger partial charge in [-0.3, -0.25) is 14.7 Å². The fourth-order valence-electron chi connectivity index (χ4n) is 5.90. The summed E-state index contributed by atoms with van der Waals surface area (Å²) < 4.78 is 14.0. The zero-order valence-electron chi connectivity index (χ0n) is 20.2. The van der Waals surface area contributed by atoms with E-state index in [0.29, 0.717) is 23.4 Å². The van der Waals surface area contributed by atoms with E-state index in [0.717, 1.165) is 66.5 Å². The summed E-state index contributed by atoms with van der Waals surface area (Å²) in [5.41, 5.74) is 4.61. The third-order valence-electron chi connectivity index (χ3n) is 8.12. The number of carbonyl (C=O) groups excluding carboxylic acids is 1. The van der Waals surface area contributed by atoms with Crippen LogP contribution >= 0.6 is 0 Å². The normalized spacial score (nSPS) is 20.1. The number of amides is 1. The lowest BCUT2D eigenvalue weighted by Crippen LogP contribution is -2.37. The van der Waals surface area contributed by atoms with Gasteiger partial charge in [0.05, 0.1) is 22.6 Å². The molecule has 2 aliphatic carbocycles. The van der Waals surface area contributed by atoms with Gasteiger partial charge in [0.25, 0.3) is 5.91 Å². The molecule has 6 nitrogen and oxygen atoms in total. The van der Waals surface area contributed by atoms with Gasteiger partial charge in [-0.15, -0.1) is 0 Å². The van der Waals surface area contributed by atoms with E-state index in [1.165, 1.54) is 24.5 Å². The zero-order chi connectivity index (χ0) is 24.2. The molecule has 2 aromatic carbocycles. The maximum atomic E-state index is 14.0. The summed E-state index contributed by atoms with van der Waals surface area (Å²) in [5.74, 6) is 1.83. The monoisotopic (exact) mass is 483 g/mol. The molecule has 1 saturated heterocycles. The number of fused-ring (bicyclic) bond motifs is 2. The number of piperidine rings is 1. The number of hydrogen-bond acceptors (Lipinski definition) is 4. The van der Waals surface area contributed by atoms with Gasteiger partial charge in [-0.25, -0.2) is 9.37 Å². The van der Waals surface area contributed by atoms with Crippen LogP contribution in [0.15, 0.2) is 48.7 Å². The Bertz CT molecular complexity index is 1450. The standard InChI is InChI=1S/C29H30FN5O/c30-20-4-8-24-23(16-20)22(9-12-31-24)17-10-13-35(14-11-17)27(18-1-2-18)28-33-25-7-3-19(15-26(25)34-28)29(36)32-21-5-6-21/h3-4,7-9,12,15-18,21,27H,1-2,5-6,10-11,13-14H2,(H,32,36)(H,33,34). The zero-order valence-corrected chi connectivity index (χ0v) is 20.2. The number of carbonyl (C=O) groups is 1. The Balaban J connectivity index is 1.11. The van der Waals surface area contributed by atoms with Crippen molar-refractivity contribution in [3.05, 3.63) is 71.4 Å². The van der Waals surface area contributed by atoms with Crippen molar-refractivity contribution in [2.75, 3.05) is 13.1 Å². The van der Waals surface area contributed by atoms with Crippen molar-refractivity contribution in [1.82, 2.24) is 25.2 Å². The number of nitrogens with zero attached hydrogens (tertiary/aromatic N) is 3. The SMILES string of the molecule is O=C(NC1CC1)c1ccc2nc(C(C3CC3)N3CCC(c4ccnc5ccc(F)cc45)CC3)[nH]c2c1. The molecular weight excluding hydrogens is 453 g/mol. The van der Waals surface area contributed by atoms with Crippen molar-refractivity contribution >= 4 is 27.8 Å². The van der Waals surface area contributed by atoms with E-state index in [4.69, 9.17) is 4.98 Å². The maximum Gasteiger partial charge on any atom is 0.251 e. The van der Waals surface area contributed by atoms with Crippen LogP contribution in [0.1, 0.15) is 72.2 Å². The molecule has 3 heterocycles. The van der Waals surface area contributed by atoms with Gasteiger partial charge in [0.1, 0.15) is 11.6 Å². The van der Waals surface area contributed by atoms with E-state index < -0.39 is 0 Å². The number of rotatable bonds is 6. The molecule has 0 spiro atoms. The summed E-state index contributed by atoms with van der Waals surface area (Å²) in [6, 6.07) is 13.3. The van der Waals surface area contributed by atoms with Crippen LogP contribution in [0.3, 0.4) is 0 Å². The number of pyridine rings is 1. The van der Waals surface area contributed by atoms with Gasteiger partial charge >= 0.3 is 0 Å². The Hall–Kier alpha value is -3.32. The molecule has 1 atom stereocenters. The van der Waals surface area contributed by atoms with E-state index in [1.54, 1.807) is 12.1 Å². The predicted octanol–water partition coefficient (Wildman–Crippen LogP) is 5.47. The first-order chi connectivity index (χ1) is 17.6. The molecule has 2 N–H and O–H groups in total. The molecule has 4 aromatic rings. The van der Waals surface area contributed by atoms with Crippen molar-refractivity contribution in [3.8, 4) is 0 Å². The Labute approximate surface area is 209 Å². The highest BCUT2D eigenvalue weighted by Gasteiger charge is 2.40. The number of imidazole rings is 1. The van der Waals surface area contributed by atoms with E-state index in [-0.39, 0.29) is 17.8 Å². The van der Waals surface area contributed by atoms with Gasteiger partial charge in [-0.1, -0.05) is 0 Å². The van der Waals surface area contributed by atoms with Crippen LogP contribution in [0.25, 0.3) is 21.9 Å². The van der Waals surface area contributed by atoms with E-state index in [1.807, 2.05) is 24.4 Å².